The van der Waals surface area contributed by atoms with Gasteiger partial charge in [0.15, 0.2) is 0 Å². The van der Waals surface area contributed by atoms with Crippen molar-refractivity contribution in [2.45, 2.75) is 56.3 Å². The first kappa shape index (κ1) is 30.5. The van der Waals surface area contributed by atoms with Crippen molar-refractivity contribution >= 4 is 41.6 Å². The molecule has 0 aromatic heterocycles. The number of hydrogen-bond donors (Lipinski definition) is 8. The van der Waals surface area contributed by atoms with Gasteiger partial charge < -0.3 is 42.1 Å². The van der Waals surface area contributed by atoms with Crippen molar-refractivity contribution in [3.05, 3.63) is 35.9 Å². The first-order valence-electron chi connectivity index (χ1n) is 10.9. The number of carboxylic acid groups (broad SMARTS) is 4. The van der Waals surface area contributed by atoms with Crippen molar-refractivity contribution in [1.29, 1.82) is 0 Å². The van der Waals surface area contributed by atoms with Gasteiger partial charge >= 0.3 is 23.9 Å². The zero-order valence-electron chi connectivity index (χ0n) is 19.5. The van der Waals surface area contributed by atoms with Crippen LogP contribution in [0.25, 0.3) is 0 Å². The van der Waals surface area contributed by atoms with Crippen LogP contribution in [0.1, 0.15) is 31.2 Å². The smallest absolute Gasteiger partial charge is 0.326 e. The van der Waals surface area contributed by atoms with Crippen LogP contribution in [0.2, 0.25) is 0 Å². The zero-order chi connectivity index (χ0) is 28.1. The Morgan fingerprint density at radius 1 is 0.676 bits per heavy atom. The van der Waals surface area contributed by atoms with Gasteiger partial charge in [-0.15, -0.1) is 0 Å². The molecule has 0 saturated heterocycles. The number of rotatable bonds is 16. The second kappa shape index (κ2) is 14.8. The SMILES string of the molecule is NC(CCC(=O)O)C(=O)NC(Cc1ccccc1)C(=O)NC(CC(=O)O)C(=O)NC(CC(=O)O)C(=O)O. The van der Waals surface area contributed by atoms with Crippen LogP contribution < -0.4 is 21.7 Å². The van der Waals surface area contributed by atoms with Crippen LogP contribution in [-0.4, -0.2) is 86.2 Å². The predicted octanol–water partition coefficient (Wildman–Crippen LogP) is -2.09. The predicted molar refractivity (Wildman–Crippen MR) is 123 cm³/mol. The number of carbonyl (C=O) groups is 7. The minimum absolute atomic E-state index is 0.123. The number of carbonyl (C=O) groups excluding carboxylic acids is 3. The lowest BCUT2D eigenvalue weighted by Gasteiger charge is -2.24. The minimum atomic E-state index is -1.90. The maximum absolute atomic E-state index is 13.0. The van der Waals surface area contributed by atoms with E-state index in [1.807, 2.05) is 5.32 Å². The van der Waals surface area contributed by atoms with Crippen LogP contribution in [0.3, 0.4) is 0 Å². The molecule has 0 saturated carbocycles. The average molecular weight is 524 g/mol. The van der Waals surface area contributed by atoms with Crippen molar-refractivity contribution in [1.82, 2.24) is 16.0 Å². The molecule has 15 nitrogen and oxygen atoms in total. The zero-order valence-corrected chi connectivity index (χ0v) is 19.5. The van der Waals surface area contributed by atoms with Gasteiger partial charge in [0.05, 0.1) is 18.9 Å². The number of nitrogens with two attached hydrogens (primary N) is 1. The molecule has 4 unspecified atom stereocenters. The minimum Gasteiger partial charge on any atom is -0.481 e. The second-order valence-corrected chi connectivity index (χ2v) is 7.95. The third kappa shape index (κ3) is 11.6. The summed E-state index contributed by atoms with van der Waals surface area (Å²) in [7, 11) is 0. The monoisotopic (exact) mass is 524 g/mol. The summed E-state index contributed by atoms with van der Waals surface area (Å²) in [6.07, 6.45) is -2.75. The van der Waals surface area contributed by atoms with Crippen molar-refractivity contribution in [2.75, 3.05) is 0 Å². The van der Waals surface area contributed by atoms with Gasteiger partial charge in [0.2, 0.25) is 17.7 Å². The highest BCUT2D eigenvalue weighted by Crippen LogP contribution is 2.07. The fraction of sp³-hybridized carbons (Fsp3) is 0.409. The van der Waals surface area contributed by atoms with Gasteiger partial charge in [0.25, 0.3) is 0 Å². The van der Waals surface area contributed by atoms with Gasteiger partial charge in [-0.25, -0.2) is 4.79 Å². The number of amides is 3. The molecule has 0 bridgehead atoms. The summed E-state index contributed by atoms with van der Waals surface area (Å²) < 4.78 is 0. The number of hydrogen-bond acceptors (Lipinski definition) is 8. The van der Waals surface area contributed by atoms with Gasteiger partial charge in [0, 0.05) is 12.8 Å². The molecular formula is C22H28N4O11. The lowest BCUT2D eigenvalue weighted by Crippen LogP contribution is -2.58. The van der Waals surface area contributed by atoms with E-state index in [9.17, 15) is 33.6 Å². The fourth-order valence-corrected chi connectivity index (χ4v) is 3.05. The molecule has 9 N–H and O–H groups in total. The lowest BCUT2D eigenvalue weighted by atomic mass is 10.0. The molecule has 0 aliphatic heterocycles. The molecule has 0 fully saturated rings. The van der Waals surface area contributed by atoms with Crippen LogP contribution in [0.15, 0.2) is 30.3 Å². The molecular weight excluding hydrogens is 496 g/mol. The molecule has 3 amide bonds. The Bertz CT molecular complexity index is 1020. The van der Waals surface area contributed by atoms with Crippen molar-refractivity contribution in [2.24, 2.45) is 5.73 Å². The summed E-state index contributed by atoms with van der Waals surface area (Å²) in [5.41, 5.74) is 6.26. The molecule has 0 radical (unpaired) electrons. The third-order valence-electron chi connectivity index (χ3n) is 4.93. The van der Waals surface area contributed by atoms with E-state index in [2.05, 4.69) is 10.6 Å². The molecule has 1 aromatic rings. The van der Waals surface area contributed by atoms with Crippen molar-refractivity contribution in [3.63, 3.8) is 0 Å². The van der Waals surface area contributed by atoms with E-state index in [4.69, 9.17) is 26.2 Å². The highest BCUT2D eigenvalue weighted by molar-refractivity contribution is 5.96. The summed E-state index contributed by atoms with van der Waals surface area (Å²) in [5.74, 6) is -9.13. The Balaban J connectivity index is 3.11. The van der Waals surface area contributed by atoms with Crippen LogP contribution in [-0.2, 0) is 40.0 Å². The van der Waals surface area contributed by atoms with Crippen LogP contribution in [0.5, 0.6) is 0 Å². The van der Waals surface area contributed by atoms with Crippen LogP contribution in [0, 0.1) is 0 Å². The first-order valence-corrected chi connectivity index (χ1v) is 10.9. The highest BCUT2D eigenvalue weighted by atomic mass is 16.4. The molecule has 0 aliphatic rings. The summed E-state index contributed by atoms with van der Waals surface area (Å²) in [6.45, 7) is 0. The van der Waals surface area contributed by atoms with E-state index in [0.29, 0.717) is 5.56 Å². The second-order valence-electron chi connectivity index (χ2n) is 7.95. The van der Waals surface area contributed by atoms with Crippen LogP contribution >= 0.6 is 0 Å². The Morgan fingerprint density at radius 2 is 1.16 bits per heavy atom. The molecule has 1 rings (SSSR count). The van der Waals surface area contributed by atoms with E-state index in [1.54, 1.807) is 30.3 Å². The van der Waals surface area contributed by atoms with Crippen LogP contribution in [0.4, 0.5) is 0 Å². The third-order valence-corrected chi connectivity index (χ3v) is 4.93. The Hall–Kier alpha value is -4.53. The van der Waals surface area contributed by atoms with E-state index in [1.165, 1.54) is 0 Å². The molecule has 0 spiro atoms. The van der Waals surface area contributed by atoms with E-state index < -0.39 is 85.0 Å². The van der Waals surface area contributed by atoms with Gasteiger partial charge in [-0.3, -0.25) is 28.8 Å². The standard InChI is InChI=1S/C22H28N4O11/c23-12(6-7-16(27)28)19(33)24-13(8-11-4-2-1-3-5-11)20(34)25-14(9-17(29)30)21(35)26-15(22(36)37)10-18(31)32/h1-5,12-15H,6-10,23H2,(H,24,33)(H,25,34)(H,26,35)(H,27,28)(H,29,30)(H,31,32)(H,36,37). The summed E-state index contributed by atoms with van der Waals surface area (Å²) in [4.78, 5) is 82.2. The molecule has 37 heavy (non-hydrogen) atoms. The van der Waals surface area contributed by atoms with Crippen molar-refractivity contribution in [3.8, 4) is 0 Å². The molecule has 1 aromatic carbocycles. The summed E-state index contributed by atoms with van der Waals surface area (Å²) in [5, 5.41) is 42.2. The van der Waals surface area contributed by atoms with Gasteiger partial charge in [0.1, 0.15) is 18.1 Å². The first-order chi connectivity index (χ1) is 17.3. The quantitative estimate of drug-likeness (QED) is 0.116. The van der Waals surface area contributed by atoms with Crippen molar-refractivity contribution < 1.29 is 54.0 Å². The molecule has 202 valence electrons. The van der Waals surface area contributed by atoms with E-state index in [0.717, 1.165) is 0 Å². The topological polar surface area (TPSA) is 263 Å². The highest BCUT2D eigenvalue weighted by Gasteiger charge is 2.32. The average Bonchev–Trinajstić information content (AvgIpc) is 2.80. The Kier molecular flexibility index (Phi) is 12.2. The maximum Gasteiger partial charge on any atom is 0.326 e. The molecule has 4 atom stereocenters. The Labute approximate surface area is 210 Å². The molecule has 15 heteroatoms. The van der Waals surface area contributed by atoms with Gasteiger partial charge in [-0.05, 0) is 12.0 Å². The molecule has 0 heterocycles. The van der Waals surface area contributed by atoms with E-state index >= 15 is 0 Å². The number of nitrogens with one attached hydrogen (secondary N) is 3. The number of aliphatic carboxylic acids is 4. The fourth-order valence-electron chi connectivity index (χ4n) is 3.05. The maximum atomic E-state index is 13.0. The normalized spacial score (nSPS) is 13.8. The Morgan fingerprint density at radius 3 is 1.68 bits per heavy atom. The number of benzene rings is 1. The summed E-state index contributed by atoms with van der Waals surface area (Å²) >= 11 is 0. The summed E-state index contributed by atoms with van der Waals surface area (Å²) in [6, 6.07) is 1.86. The number of carboxylic acids is 4. The van der Waals surface area contributed by atoms with Gasteiger partial charge in [-0.1, -0.05) is 30.3 Å². The lowest BCUT2D eigenvalue weighted by molar-refractivity contribution is -0.148. The largest absolute Gasteiger partial charge is 0.481 e. The van der Waals surface area contributed by atoms with Gasteiger partial charge in [-0.2, -0.15) is 0 Å². The molecule has 0 aliphatic carbocycles. The van der Waals surface area contributed by atoms with E-state index in [-0.39, 0.29) is 12.8 Å².